The first-order chi connectivity index (χ1) is 25.3. The number of allylic oxidation sites excluding steroid dienone is 1. The number of furan rings is 1. The van der Waals surface area contributed by atoms with Gasteiger partial charge in [0.15, 0.2) is 0 Å². The van der Waals surface area contributed by atoms with Crippen molar-refractivity contribution >= 4 is 38.9 Å². The maximum absolute atomic E-state index is 6.82. The minimum Gasteiger partial charge on any atom is -0.456 e. The molecule has 0 amide bonds. The molecule has 240 valence electrons. The molecule has 0 radical (unpaired) electrons. The largest absolute Gasteiger partial charge is 0.456 e. The molecule has 2 heteroatoms. The highest BCUT2D eigenvalue weighted by Crippen LogP contribution is 2.57. The Morgan fingerprint density at radius 2 is 1.22 bits per heavy atom. The molecule has 0 aliphatic heterocycles. The van der Waals surface area contributed by atoms with Crippen molar-refractivity contribution in [3.8, 4) is 27.9 Å². The van der Waals surface area contributed by atoms with E-state index in [-0.39, 0.29) is 0 Å². The highest BCUT2D eigenvalue weighted by Gasteiger charge is 2.46. The Balaban J connectivity index is 1.30. The molecule has 7 aromatic carbocycles. The number of hydrogen-bond donors (Lipinski definition) is 0. The van der Waals surface area contributed by atoms with Crippen LogP contribution in [-0.2, 0) is 11.8 Å². The van der Waals surface area contributed by atoms with Gasteiger partial charge in [-0.25, -0.2) is 0 Å². The third-order valence-electron chi connectivity index (χ3n) is 11.3. The topological polar surface area (TPSA) is 18.1 Å². The Hall–Kier alpha value is -6.38. The highest BCUT2D eigenvalue weighted by molar-refractivity contribution is 6.24. The predicted molar refractivity (Wildman–Crippen MR) is 211 cm³/mol. The summed E-state index contributed by atoms with van der Waals surface area (Å²) in [6.07, 6.45) is 6.41. The summed E-state index contributed by atoms with van der Waals surface area (Å²) in [5, 5.41) is 3.59. The van der Waals surface area contributed by atoms with Gasteiger partial charge in [0.1, 0.15) is 11.3 Å². The SMILES string of the molecule is C1=Cc2oc3c(cc(-c4ccc5c(c4)C(c4ccccc4)(c4ccccc4)c4ccccc4-5)c4c3c3ccccc3n4-c3ccccc3)c2CC1. The van der Waals surface area contributed by atoms with Crippen LogP contribution in [0.2, 0.25) is 0 Å². The molecule has 2 aromatic heterocycles. The molecule has 0 bridgehead atoms. The third-order valence-corrected chi connectivity index (χ3v) is 11.3. The van der Waals surface area contributed by atoms with Crippen molar-refractivity contribution in [2.75, 3.05) is 0 Å². The van der Waals surface area contributed by atoms with E-state index in [1.807, 2.05) is 0 Å². The van der Waals surface area contributed by atoms with Crippen LogP contribution in [-0.4, -0.2) is 4.57 Å². The van der Waals surface area contributed by atoms with Crippen LogP contribution in [0.1, 0.15) is 40.0 Å². The predicted octanol–water partition coefficient (Wildman–Crippen LogP) is 12.5. The first kappa shape index (κ1) is 28.5. The van der Waals surface area contributed by atoms with Crippen molar-refractivity contribution in [1.82, 2.24) is 4.57 Å². The fourth-order valence-electron chi connectivity index (χ4n) is 9.26. The first-order valence-corrected chi connectivity index (χ1v) is 17.9. The minimum atomic E-state index is -0.473. The smallest absolute Gasteiger partial charge is 0.145 e. The molecular formula is C49H33NO. The summed E-state index contributed by atoms with van der Waals surface area (Å²) in [6, 6.07) is 60.4. The van der Waals surface area contributed by atoms with Gasteiger partial charge in [0.2, 0.25) is 0 Å². The van der Waals surface area contributed by atoms with E-state index < -0.39 is 5.41 Å². The number of hydrogen-bond acceptors (Lipinski definition) is 1. The summed E-state index contributed by atoms with van der Waals surface area (Å²) in [4.78, 5) is 0. The van der Waals surface area contributed by atoms with Gasteiger partial charge in [0.25, 0.3) is 0 Å². The van der Waals surface area contributed by atoms with Crippen molar-refractivity contribution < 1.29 is 4.42 Å². The normalized spacial score (nSPS) is 14.2. The lowest BCUT2D eigenvalue weighted by atomic mass is 9.67. The van der Waals surface area contributed by atoms with E-state index in [2.05, 4.69) is 181 Å². The fourth-order valence-corrected chi connectivity index (χ4v) is 9.26. The summed E-state index contributed by atoms with van der Waals surface area (Å²) in [7, 11) is 0. The van der Waals surface area contributed by atoms with E-state index in [9.17, 15) is 0 Å². The van der Waals surface area contributed by atoms with Crippen LogP contribution in [0.5, 0.6) is 0 Å². The average molecular weight is 652 g/mol. The van der Waals surface area contributed by atoms with Gasteiger partial charge in [-0.3, -0.25) is 0 Å². The van der Waals surface area contributed by atoms with Crippen LogP contribution in [0, 0.1) is 0 Å². The van der Waals surface area contributed by atoms with E-state index in [0.717, 1.165) is 29.9 Å². The molecule has 0 unspecified atom stereocenters. The second-order valence-corrected chi connectivity index (χ2v) is 13.9. The molecule has 51 heavy (non-hydrogen) atoms. The molecular weight excluding hydrogens is 619 g/mol. The number of aromatic nitrogens is 1. The van der Waals surface area contributed by atoms with Gasteiger partial charge in [0, 0.05) is 27.6 Å². The number of para-hydroxylation sites is 2. The Morgan fingerprint density at radius 1 is 0.549 bits per heavy atom. The van der Waals surface area contributed by atoms with Crippen LogP contribution in [0.15, 0.2) is 174 Å². The Kier molecular flexibility index (Phi) is 6.03. The summed E-state index contributed by atoms with van der Waals surface area (Å²) in [6.45, 7) is 0. The van der Waals surface area contributed by atoms with Gasteiger partial charge in [-0.15, -0.1) is 0 Å². The van der Waals surface area contributed by atoms with E-state index in [0.29, 0.717) is 0 Å². The molecule has 11 rings (SSSR count). The molecule has 0 saturated heterocycles. The second-order valence-electron chi connectivity index (χ2n) is 13.9. The Bertz CT molecular complexity index is 2800. The van der Waals surface area contributed by atoms with Crippen molar-refractivity contribution in [2.45, 2.75) is 18.3 Å². The Labute approximate surface area is 296 Å². The summed E-state index contributed by atoms with van der Waals surface area (Å²) >= 11 is 0. The molecule has 0 atom stereocenters. The number of nitrogens with zero attached hydrogens (tertiary/aromatic N) is 1. The zero-order valence-electron chi connectivity index (χ0n) is 28.0. The van der Waals surface area contributed by atoms with Gasteiger partial charge >= 0.3 is 0 Å². The zero-order valence-corrected chi connectivity index (χ0v) is 28.0. The van der Waals surface area contributed by atoms with Gasteiger partial charge < -0.3 is 8.98 Å². The van der Waals surface area contributed by atoms with Crippen molar-refractivity contribution in [1.29, 1.82) is 0 Å². The number of rotatable bonds is 4. The van der Waals surface area contributed by atoms with E-state index in [1.54, 1.807) is 0 Å². The lowest BCUT2D eigenvalue weighted by Crippen LogP contribution is -2.28. The standard InChI is InChI=1S/C49H33NO/c1-4-16-33(17-5-1)49(34-18-6-2-7-19-34)42-25-13-10-22-36(42)37-29-28-32(30-43(37)49)40-31-41-38-23-12-15-27-45(38)51-48(41)46-39-24-11-14-26-44(39)50(47(40)46)35-20-8-3-9-21-35/h1-11,13-22,24-31H,12,23H2. The van der Waals surface area contributed by atoms with Gasteiger partial charge in [0.05, 0.1) is 21.8 Å². The third kappa shape index (κ3) is 3.88. The maximum Gasteiger partial charge on any atom is 0.145 e. The lowest BCUT2D eigenvalue weighted by molar-refractivity contribution is 0.598. The maximum atomic E-state index is 6.82. The van der Waals surface area contributed by atoms with Gasteiger partial charge in [-0.1, -0.05) is 140 Å². The number of benzene rings is 7. The summed E-state index contributed by atoms with van der Waals surface area (Å²) in [5.41, 5.74) is 15.5. The zero-order chi connectivity index (χ0) is 33.5. The minimum absolute atomic E-state index is 0.473. The molecule has 0 spiro atoms. The summed E-state index contributed by atoms with van der Waals surface area (Å²) in [5.74, 6) is 0.989. The number of aryl methyl sites for hydroxylation is 1. The second kappa shape index (κ2) is 10.8. The van der Waals surface area contributed by atoms with Crippen LogP contribution in [0.3, 0.4) is 0 Å². The molecule has 0 N–H and O–H groups in total. The van der Waals surface area contributed by atoms with Crippen molar-refractivity contribution in [3.63, 3.8) is 0 Å². The van der Waals surface area contributed by atoms with Crippen LogP contribution >= 0.6 is 0 Å². The van der Waals surface area contributed by atoms with Crippen LogP contribution in [0.4, 0.5) is 0 Å². The molecule has 0 saturated carbocycles. The molecule has 2 aliphatic rings. The average Bonchev–Trinajstić information content (AvgIpc) is 3.85. The fraction of sp³-hybridized carbons (Fsp3) is 0.0612. The first-order valence-electron chi connectivity index (χ1n) is 17.9. The van der Waals surface area contributed by atoms with Crippen molar-refractivity contribution in [3.05, 3.63) is 203 Å². The molecule has 0 fully saturated rings. The molecule has 9 aromatic rings. The monoisotopic (exact) mass is 651 g/mol. The lowest BCUT2D eigenvalue weighted by Gasteiger charge is -2.34. The highest BCUT2D eigenvalue weighted by atomic mass is 16.3. The number of fused-ring (bicyclic) bond motifs is 10. The van der Waals surface area contributed by atoms with E-state index >= 15 is 0 Å². The quantitative estimate of drug-likeness (QED) is 0.185. The summed E-state index contributed by atoms with van der Waals surface area (Å²) < 4.78 is 9.26. The van der Waals surface area contributed by atoms with Crippen LogP contribution < -0.4 is 0 Å². The van der Waals surface area contributed by atoms with Gasteiger partial charge in [-0.2, -0.15) is 0 Å². The molecule has 2 aliphatic carbocycles. The Morgan fingerprint density at radius 3 is 2.00 bits per heavy atom. The van der Waals surface area contributed by atoms with Crippen molar-refractivity contribution in [2.24, 2.45) is 0 Å². The van der Waals surface area contributed by atoms with Crippen LogP contribution in [0.25, 0.3) is 66.8 Å². The van der Waals surface area contributed by atoms with E-state index in [4.69, 9.17) is 4.42 Å². The van der Waals surface area contributed by atoms with E-state index in [1.165, 1.54) is 77.3 Å². The molecule has 2 nitrogen and oxygen atoms in total. The molecule has 2 heterocycles. The van der Waals surface area contributed by atoms with Gasteiger partial charge in [-0.05, 0) is 88.2 Å².